The molecule has 8 nitrogen and oxygen atoms in total. The van der Waals surface area contributed by atoms with Gasteiger partial charge < -0.3 is 10.2 Å². The second kappa shape index (κ2) is 5.91. The number of anilines is 2. The molecule has 4 rings (SSSR count). The van der Waals surface area contributed by atoms with Gasteiger partial charge in [0, 0.05) is 36.2 Å². The van der Waals surface area contributed by atoms with E-state index in [1.807, 2.05) is 32.0 Å². The van der Waals surface area contributed by atoms with E-state index in [-0.39, 0.29) is 11.7 Å². The molecule has 1 N–H and O–H groups in total. The molecule has 1 aliphatic rings. The maximum absolute atomic E-state index is 12.5. The maximum Gasteiger partial charge on any atom is 0.295 e. The van der Waals surface area contributed by atoms with E-state index >= 15 is 0 Å². The summed E-state index contributed by atoms with van der Waals surface area (Å²) in [6.07, 6.45) is 0.771. The smallest absolute Gasteiger partial charge is 0.295 e. The van der Waals surface area contributed by atoms with Crippen LogP contribution in [-0.2, 0) is 11.2 Å². The zero-order valence-corrected chi connectivity index (χ0v) is 14.8. The van der Waals surface area contributed by atoms with Gasteiger partial charge in [0.25, 0.3) is 11.7 Å². The van der Waals surface area contributed by atoms with Crippen molar-refractivity contribution in [2.45, 2.75) is 27.2 Å². The molecular formula is C18H18N6O2. The molecule has 132 valence electrons. The Bertz CT molecular complexity index is 1060. The second-order valence-electron chi connectivity index (χ2n) is 6.40. The minimum Gasteiger partial charge on any atom is -0.319 e. The van der Waals surface area contributed by atoms with Crippen molar-refractivity contribution in [2.24, 2.45) is 0 Å². The molecule has 0 saturated carbocycles. The summed E-state index contributed by atoms with van der Waals surface area (Å²) < 4.78 is 1.55. The number of carbonyl (C=O) groups excluding carboxylic acids is 2. The predicted octanol–water partition coefficient (Wildman–Crippen LogP) is 1.90. The molecule has 0 atom stereocenters. The van der Waals surface area contributed by atoms with E-state index < -0.39 is 5.91 Å². The lowest BCUT2D eigenvalue weighted by Crippen LogP contribution is -2.25. The van der Waals surface area contributed by atoms with Crippen LogP contribution < -0.4 is 10.2 Å². The highest BCUT2D eigenvalue weighted by atomic mass is 16.2. The number of benzene rings is 1. The number of fused-ring (bicyclic) bond motifs is 2. The molecule has 0 bridgehead atoms. The molecule has 3 heterocycles. The van der Waals surface area contributed by atoms with Crippen LogP contribution in [0.4, 0.5) is 11.4 Å². The Morgan fingerprint density at radius 2 is 1.96 bits per heavy atom. The number of rotatable bonds is 2. The van der Waals surface area contributed by atoms with E-state index in [0.717, 1.165) is 29.1 Å². The summed E-state index contributed by atoms with van der Waals surface area (Å²) >= 11 is 0. The van der Waals surface area contributed by atoms with E-state index in [2.05, 4.69) is 20.4 Å². The van der Waals surface area contributed by atoms with Crippen molar-refractivity contribution >= 4 is 29.0 Å². The van der Waals surface area contributed by atoms with Gasteiger partial charge in [0.15, 0.2) is 0 Å². The van der Waals surface area contributed by atoms with Gasteiger partial charge in [0.1, 0.15) is 0 Å². The highest BCUT2D eigenvalue weighted by molar-refractivity contribution is 6.02. The number of carbonyl (C=O) groups is 2. The topological polar surface area (TPSA) is 92.5 Å². The van der Waals surface area contributed by atoms with Crippen LogP contribution in [0.15, 0.2) is 24.3 Å². The van der Waals surface area contributed by atoms with E-state index in [4.69, 9.17) is 0 Å². The molecule has 0 saturated heterocycles. The van der Waals surface area contributed by atoms with Crippen LogP contribution in [0.1, 0.15) is 34.5 Å². The Kier molecular flexibility index (Phi) is 3.68. The average Bonchev–Trinajstić information content (AvgIpc) is 3.18. The first kappa shape index (κ1) is 16.2. The van der Waals surface area contributed by atoms with Crippen LogP contribution in [0.3, 0.4) is 0 Å². The standard InChI is InChI=1S/C18H18N6O2/c1-10-8-11(2)24-18(19-10)21-16(22-24)17(26)20-14-4-5-15-13(9-14)6-7-23(15)12(3)25/h4-5,8-9H,6-7H2,1-3H3,(H,20,26). The second-order valence-corrected chi connectivity index (χ2v) is 6.40. The Balaban J connectivity index is 1.59. The molecule has 26 heavy (non-hydrogen) atoms. The van der Waals surface area contributed by atoms with E-state index in [1.165, 1.54) is 0 Å². The van der Waals surface area contributed by atoms with Crippen LogP contribution in [0.2, 0.25) is 0 Å². The quantitative estimate of drug-likeness (QED) is 0.762. The van der Waals surface area contributed by atoms with Gasteiger partial charge in [-0.25, -0.2) is 9.50 Å². The SMILES string of the molecule is CC(=O)N1CCc2cc(NC(=O)c3nc4nc(C)cc(C)n4n3)ccc21. The van der Waals surface area contributed by atoms with Crippen molar-refractivity contribution in [3.8, 4) is 0 Å². The van der Waals surface area contributed by atoms with E-state index in [0.29, 0.717) is 18.0 Å². The fourth-order valence-corrected chi connectivity index (χ4v) is 3.26. The van der Waals surface area contributed by atoms with Crippen molar-refractivity contribution in [1.82, 2.24) is 19.6 Å². The summed E-state index contributed by atoms with van der Waals surface area (Å²) in [5, 5.41) is 7.05. The largest absolute Gasteiger partial charge is 0.319 e. The molecule has 0 radical (unpaired) electrons. The first-order valence-corrected chi connectivity index (χ1v) is 8.36. The first-order valence-electron chi connectivity index (χ1n) is 8.36. The summed E-state index contributed by atoms with van der Waals surface area (Å²) in [6, 6.07) is 7.40. The first-order chi connectivity index (χ1) is 12.4. The average molecular weight is 350 g/mol. The van der Waals surface area contributed by atoms with E-state index in [1.54, 1.807) is 22.4 Å². The Morgan fingerprint density at radius 1 is 1.15 bits per heavy atom. The summed E-state index contributed by atoms with van der Waals surface area (Å²) in [5.74, 6) is 0.0947. The van der Waals surface area contributed by atoms with Crippen LogP contribution in [0, 0.1) is 13.8 Å². The van der Waals surface area contributed by atoms with Gasteiger partial charge in [-0.2, -0.15) is 4.98 Å². The van der Waals surface area contributed by atoms with Crippen LogP contribution >= 0.6 is 0 Å². The number of aryl methyl sites for hydroxylation is 2. The third kappa shape index (κ3) is 2.69. The lowest BCUT2D eigenvalue weighted by atomic mass is 10.1. The number of nitrogens with one attached hydrogen (secondary N) is 1. The molecule has 3 aromatic rings. The van der Waals surface area contributed by atoms with Gasteiger partial charge >= 0.3 is 0 Å². The highest BCUT2D eigenvalue weighted by Crippen LogP contribution is 2.30. The zero-order valence-electron chi connectivity index (χ0n) is 14.8. The fourth-order valence-electron chi connectivity index (χ4n) is 3.26. The third-order valence-electron chi connectivity index (χ3n) is 4.43. The van der Waals surface area contributed by atoms with Gasteiger partial charge in [-0.3, -0.25) is 9.59 Å². The van der Waals surface area contributed by atoms with Crippen molar-refractivity contribution in [1.29, 1.82) is 0 Å². The monoisotopic (exact) mass is 350 g/mol. The Labute approximate surface area is 149 Å². The van der Waals surface area contributed by atoms with Gasteiger partial charge in [0.2, 0.25) is 11.7 Å². The Hall–Kier alpha value is -3.29. The number of hydrogen-bond acceptors (Lipinski definition) is 5. The van der Waals surface area contributed by atoms with Gasteiger partial charge in [-0.15, -0.1) is 5.10 Å². The predicted molar refractivity (Wildman–Crippen MR) is 96.4 cm³/mol. The van der Waals surface area contributed by atoms with Crippen LogP contribution in [0.5, 0.6) is 0 Å². The minimum absolute atomic E-state index is 0.0209. The fraction of sp³-hybridized carbons (Fsp3) is 0.278. The number of nitrogens with zero attached hydrogens (tertiary/aromatic N) is 5. The molecule has 0 spiro atoms. The molecule has 1 aromatic carbocycles. The normalized spacial score (nSPS) is 13.1. The highest BCUT2D eigenvalue weighted by Gasteiger charge is 2.23. The van der Waals surface area contributed by atoms with Crippen LogP contribution in [-0.4, -0.2) is 37.9 Å². The molecule has 0 aliphatic carbocycles. The van der Waals surface area contributed by atoms with Crippen molar-refractivity contribution in [3.05, 3.63) is 47.0 Å². The van der Waals surface area contributed by atoms with Gasteiger partial charge in [0.05, 0.1) is 0 Å². The summed E-state index contributed by atoms with van der Waals surface area (Å²) in [7, 11) is 0. The molecule has 2 amide bonds. The molecule has 1 aliphatic heterocycles. The Morgan fingerprint density at radius 3 is 2.73 bits per heavy atom. The number of hydrogen-bond donors (Lipinski definition) is 1. The third-order valence-corrected chi connectivity index (χ3v) is 4.43. The lowest BCUT2D eigenvalue weighted by molar-refractivity contribution is -0.116. The summed E-state index contributed by atoms with van der Waals surface area (Å²) in [5.41, 5.74) is 4.27. The maximum atomic E-state index is 12.5. The van der Waals surface area contributed by atoms with Crippen LogP contribution in [0.25, 0.3) is 5.78 Å². The summed E-state index contributed by atoms with van der Waals surface area (Å²) in [6.45, 7) is 5.98. The lowest BCUT2D eigenvalue weighted by Gasteiger charge is -2.14. The van der Waals surface area contributed by atoms with Gasteiger partial charge in [-0.1, -0.05) is 0 Å². The minimum atomic E-state index is -0.395. The molecular weight excluding hydrogens is 332 g/mol. The molecule has 0 fully saturated rings. The zero-order chi connectivity index (χ0) is 18.4. The number of aromatic nitrogens is 4. The molecule has 8 heteroatoms. The van der Waals surface area contributed by atoms with Crippen molar-refractivity contribution in [2.75, 3.05) is 16.8 Å². The van der Waals surface area contributed by atoms with Gasteiger partial charge in [-0.05, 0) is 50.1 Å². The number of amides is 2. The van der Waals surface area contributed by atoms with E-state index in [9.17, 15) is 9.59 Å². The van der Waals surface area contributed by atoms with Crippen molar-refractivity contribution in [3.63, 3.8) is 0 Å². The van der Waals surface area contributed by atoms with Crippen molar-refractivity contribution < 1.29 is 9.59 Å². The molecule has 0 unspecified atom stereocenters. The summed E-state index contributed by atoms with van der Waals surface area (Å²) in [4.78, 5) is 34.4. The molecule has 2 aromatic heterocycles.